The standard InChI is InChI=1S/C15H15ClN4O4/c16-11-3-1-10(2-4-11)13-8-19(5-6-24-13)14(21)9-20-7-12(15(22)23)17-18-20/h1-4,7,13H,5-6,8-9H2,(H,22,23). The van der Waals surface area contributed by atoms with E-state index in [-0.39, 0.29) is 24.2 Å². The average Bonchev–Trinajstić information content (AvgIpc) is 3.04. The van der Waals surface area contributed by atoms with Gasteiger partial charge in [0.15, 0.2) is 5.69 Å². The summed E-state index contributed by atoms with van der Waals surface area (Å²) in [6.45, 7) is 1.26. The van der Waals surface area contributed by atoms with Gasteiger partial charge in [0.1, 0.15) is 12.6 Å². The number of carboxylic acids is 1. The maximum Gasteiger partial charge on any atom is 0.358 e. The van der Waals surface area contributed by atoms with Crippen molar-refractivity contribution in [1.29, 1.82) is 0 Å². The van der Waals surface area contributed by atoms with Crippen LogP contribution in [0.5, 0.6) is 0 Å². The van der Waals surface area contributed by atoms with Crippen LogP contribution in [0.1, 0.15) is 22.2 Å². The van der Waals surface area contributed by atoms with Gasteiger partial charge in [-0.2, -0.15) is 0 Å². The molecule has 126 valence electrons. The topological polar surface area (TPSA) is 97.5 Å². The highest BCUT2D eigenvalue weighted by atomic mass is 35.5. The number of aromatic carboxylic acids is 1. The highest BCUT2D eigenvalue weighted by molar-refractivity contribution is 6.30. The molecule has 1 aromatic heterocycles. The Hall–Kier alpha value is -2.45. The summed E-state index contributed by atoms with van der Waals surface area (Å²) in [5, 5.41) is 16.6. The summed E-state index contributed by atoms with van der Waals surface area (Å²) in [4.78, 5) is 24.9. The third-order valence-corrected chi connectivity index (χ3v) is 3.97. The molecule has 1 fully saturated rings. The van der Waals surface area contributed by atoms with Gasteiger partial charge in [-0.05, 0) is 17.7 Å². The summed E-state index contributed by atoms with van der Waals surface area (Å²) >= 11 is 5.88. The van der Waals surface area contributed by atoms with Crippen LogP contribution in [0.15, 0.2) is 30.5 Å². The van der Waals surface area contributed by atoms with E-state index in [1.54, 1.807) is 17.0 Å². The normalized spacial score (nSPS) is 17.7. The maximum absolute atomic E-state index is 12.4. The summed E-state index contributed by atoms with van der Waals surface area (Å²) in [6.07, 6.45) is 1.02. The first kappa shape index (κ1) is 16.4. The summed E-state index contributed by atoms with van der Waals surface area (Å²) in [6, 6.07) is 7.31. The van der Waals surface area contributed by atoms with Crippen LogP contribution >= 0.6 is 11.6 Å². The van der Waals surface area contributed by atoms with Crippen molar-refractivity contribution in [2.45, 2.75) is 12.6 Å². The van der Waals surface area contributed by atoms with Crippen LogP contribution in [-0.4, -0.2) is 56.6 Å². The SMILES string of the molecule is O=C(O)c1cn(CC(=O)N2CCOC(c3ccc(Cl)cc3)C2)nn1. The van der Waals surface area contributed by atoms with Crippen molar-refractivity contribution < 1.29 is 19.4 Å². The molecular weight excluding hydrogens is 336 g/mol. The van der Waals surface area contributed by atoms with Crippen molar-refractivity contribution in [2.24, 2.45) is 0 Å². The Kier molecular flexibility index (Phi) is 4.77. The molecule has 0 spiro atoms. The van der Waals surface area contributed by atoms with Crippen LogP contribution in [0.2, 0.25) is 5.02 Å². The number of nitrogens with zero attached hydrogens (tertiary/aromatic N) is 4. The number of amides is 1. The van der Waals surface area contributed by atoms with Crippen molar-refractivity contribution in [3.8, 4) is 0 Å². The van der Waals surface area contributed by atoms with Gasteiger partial charge in [0.05, 0.1) is 19.3 Å². The van der Waals surface area contributed by atoms with Crippen LogP contribution in [-0.2, 0) is 16.1 Å². The monoisotopic (exact) mass is 350 g/mol. The number of morpholine rings is 1. The molecular formula is C15H15ClN4O4. The quantitative estimate of drug-likeness (QED) is 0.890. The van der Waals surface area contributed by atoms with Crippen molar-refractivity contribution in [2.75, 3.05) is 19.7 Å². The molecule has 0 saturated carbocycles. The molecule has 1 N–H and O–H groups in total. The number of halogens is 1. The van der Waals surface area contributed by atoms with Crippen LogP contribution in [0.25, 0.3) is 0 Å². The van der Waals surface area contributed by atoms with Gasteiger partial charge in [-0.3, -0.25) is 4.79 Å². The second kappa shape index (κ2) is 6.98. The van der Waals surface area contributed by atoms with E-state index in [9.17, 15) is 9.59 Å². The fraction of sp³-hybridized carbons (Fsp3) is 0.333. The lowest BCUT2D eigenvalue weighted by Gasteiger charge is -2.33. The first-order valence-electron chi connectivity index (χ1n) is 7.31. The first-order chi connectivity index (χ1) is 11.5. The molecule has 9 heteroatoms. The first-order valence-corrected chi connectivity index (χ1v) is 7.69. The van der Waals surface area contributed by atoms with E-state index < -0.39 is 5.97 Å². The average molecular weight is 351 g/mol. The zero-order valence-electron chi connectivity index (χ0n) is 12.6. The second-order valence-electron chi connectivity index (χ2n) is 5.36. The van der Waals surface area contributed by atoms with Gasteiger partial charge in [0.2, 0.25) is 5.91 Å². The van der Waals surface area contributed by atoms with Crippen LogP contribution in [0.4, 0.5) is 0 Å². The van der Waals surface area contributed by atoms with Gasteiger partial charge in [0.25, 0.3) is 0 Å². The molecule has 8 nitrogen and oxygen atoms in total. The van der Waals surface area contributed by atoms with Crippen molar-refractivity contribution >= 4 is 23.5 Å². The van der Waals surface area contributed by atoms with Crippen molar-refractivity contribution in [3.05, 3.63) is 46.7 Å². The predicted octanol–water partition coefficient (Wildman–Crippen LogP) is 1.23. The Morgan fingerprint density at radius 1 is 1.33 bits per heavy atom. The minimum atomic E-state index is -1.18. The number of rotatable bonds is 4. The minimum absolute atomic E-state index is 0.0619. The van der Waals surface area contributed by atoms with Gasteiger partial charge in [-0.15, -0.1) is 5.10 Å². The molecule has 0 bridgehead atoms. The van der Waals surface area contributed by atoms with Gasteiger partial charge in [-0.1, -0.05) is 28.9 Å². The van der Waals surface area contributed by atoms with E-state index in [1.165, 1.54) is 10.9 Å². The molecule has 1 saturated heterocycles. The summed E-state index contributed by atoms with van der Waals surface area (Å²) in [7, 11) is 0. The Labute approximate surface area is 142 Å². The summed E-state index contributed by atoms with van der Waals surface area (Å²) in [5.74, 6) is -1.35. The second-order valence-corrected chi connectivity index (χ2v) is 5.79. The number of ether oxygens (including phenoxy) is 1. The number of carbonyl (C=O) groups is 2. The third kappa shape index (κ3) is 3.72. The van der Waals surface area contributed by atoms with Crippen LogP contribution in [0, 0.1) is 0 Å². The van der Waals surface area contributed by atoms with Crippen molar-refractivity contribution in [3.63, 3.8) is 0 Å². The lowest BCUT2D eigenvalue weighted by molar-refractivity contribution is -0.139. The predicted molar refractivity (Wildman–Crippen MR) is 83.7 cm³/mol. The fourth-order valence-electron chi connectivity index (χ4n) is 2.47. The number of carbonyl (C=O) groups excluding carboxylic acids is 1. The Bertz CT molecular complexity index is 746. The van der Waals surface area contributed by atoms with E-state index in [0.717, 1.165) is 5.56 Å². The third-order valence-electron chi connectivity index (χ3n) is 3.72. The van der Waals surface area contributed by atoms with Crippen molar-refractivity contribution in [1.82, 2.24) is 19.9 Å². The molecule has 1 aliphatic rings. The van der Waals surface area contributed by atoms with Gasteiger partial charge in [-0.25, -0.2) is 9.48 Å². The lowest BCUT2D eigenvalue weighted by atomic mass is 10.1. The number of aromatic nitrogens is 3. The molecule has 2 aromatic rings. The number of hydrogen-bond acceptors (Lipinski definition) is 5. The molecule has 1 atom stereocenters. The minimum Gasteiger partial charge on any atom is -0.476 e. The fourth-order valence-corrected chi connectivity index (χ4v) is 2.59. The molecule has 1 aromatic carbocycles. The number of carboxylic acid groups (broad SMARTS) is 1. The Morgan fingerprint density at radius 3 is 2.75 bits per heavy atom. The number of hydrogen-bond donors (Lipinski definition) is 1. The highest BCUT2D eigenvalue weighted by Crippen LogP contribution is 2.23. The Balaban J connectivity index is 1.64. The summed E-state index contributed by atoms with van der Waals surface area (Å²) < 4.78 is 6.94. The van der Waals surface area contributed by atoms with E-state index >= 15 is 0 Å². The molecule has 1 unspecified atom stereocenters. The van der Waals surface area contributed by atoms with E-state index in [4.69, 9.17) is 21.4 Å². The zero-order chi connectivity index (χ0) is 17.1. The maximum atomic E-state index is 12.4. The van der Waals surface area contributed by atoms with E-state index in [2.05, 4.69) is 10.3 Å². The van der Waals surface area contributed by atoms with Crippen LogP contribution < -0.4 is 0 Å². The molecule has 1 amide bonds. The summed E-state index contributed by atoms with van der Waals surface area (Å²) in [5.41, 5.74) is 0.759. The zero-order valence-corrected chi connectivity index (χ0v) is 13.4. The highest BCUT2D eigenvalue weighted by Gasteiger charge is 2.26. The van der Waals surface area contributed by atoms with Crippen LogP contribution in [0.3, 0.4) is 0 Å². The molecule has 3 rings (SSSR count). The molecule has 2 heterocycles. The van der Waals surface area contributed by atoms with Gasteiger partial charge >= 0.3 is 5.97 Å². The molecule has 0 aliphatic carbocycles. The Morgan fingerprint density at radius 2 is 2.08 bits per heavy atom. The van der Waals surface area contributed by atoms with E-state index in [1.807, 2.05) is 12.1 Å². The molecule has 0 radical (unpaired) electrons. The lowest BCUT2D eigenvalue weighted by Crippen LogP contribution is -2.43. The molecule has 1 aliphatic heterocycles. The van der Waals surface area contributed by atoms with Gasteiger partial charge in [0, 0.05) is 11.6 Å². The van der Waals surface area contributed by atoms with Gasteiger partial charge < -0.3 is 14.7 Å². The largest absolute Gasteiger partial charge is 0.476 e. The molecule has 24 heavy (non-hydrogen) atoms. The van der Waals surface area contributed by atoms with E-state index in [0.29, 0.717) is 24.7 Å². The smallest absolute Gasteiger partial charge is 0.358 e. The number of benzene rings is 1.